The van der Waals surface area contributed by atoms with Gasteiger partial charge in [0, 0.05) is 37.7 Å². The second kappa shape index (κ2) is 8.55. The molecule has 7 heteroatoms. The smallest absolute Gasteiger partial charge is 0.223 e. The van der Waals surface area contributed by atoms with Crippen LogP contribution in [0.15, 0.2) is 9.52 Å². The van der Waals surface area contributed by atoms with E-state index < -0.39 is 0 Å². The minimum atomic E-state index is 0.173. The number of hydrogen-bond acceptors (Lipinski definition) is 4. The number of nitrogens with one attached hydrogen (secondary N) is 3. The van der Waals surface area contributed by atoms with Gasteiger partial charge >= 0.3 is 0 Å². The van der Waals surface area contributed by atoms with Crippen LogP contribution in [0.1, 0.15) is 36.8 Å². The van der Waals surface area contributed by atoms with E-state index in [1.807, 2.05) is 20.8 Å². The van der Waals surface area contributed by atoms with Gasteiger partial charge < -0.3 is 20.5 Å². The predicted octanol–water partition coefficient (Wildman–Crippen LogP) is 0.915. The molecule has 1 fully saturated rings. The number of aryl methyl sites for hydroxylation is 2. The van der Waals surface area contributed by atoms with Crippen LogP contribution in [0.4, 0.5) is 0 Å². The van der Waals surface area contributed by atoms with Crippen molar-refractivity contribution >= 4 is 11.9 Å². The molecular weight excluding hydrogens is 294 g/mol. The molecule has 1 amide bonds. The van der Waals surface area contributed by atoms with Gasteiger partial charge in [-0.15, -0.1) is 0 Å². The molecule has 0 aromatic carbocycles. The fourth-order valence-electron chi connectivity index (χ4n) is 2.34. The van der Waals surface area contributed by atoms with Gasteiger partial charge in [-0.2, -0.15) is 0 Å². The summed E-state index contributed by atoms with van der Waals surface area (Å²) in [4.78, 5) is 16.1. The van der Waals surface area contributed by atoms with Gasteiger partial charge in [0.2, 0.25) is 5.91 Å². The Morgan fingerprint density at radius 1 is 1.26 bits per heavy atom. The molecule has 1 heterocycles. The lowest BCUT2D eigenvalue weighted by molar-refractivity contribution is -0.122. The molecule has 1 aromatic rings. The number of carbonyl (C=O) groups is 1. The van der Waals surface area contributed by atoms with Gasteiger partial charge in [-0.25, -0.2) is 0 Å². The van der Waals surface area contributed by atoms with Crippen LogP contribution >= 0.6 is 0 Å². The third-order valence-electron chi connectivity index (χ3n) is 3.82. The number of rotatable bonds is 8. The molecule has 0 spiro atoms. The van der Waals surface area contributed by atoms with Gasteiger partial charge in [0.05, 0.1) is 5.69 Å². The van der Waals surface area contributed by atoms with Crippen molar-refractivity contribution in [2.75, 3.05) is 26.2 Å². The maximum Gasteiger partial charge on any atom is 0.223 e. The van der Waals surface area contributed by atoms with Crippen molar-refractivity contribution in [1.82, 2.24) is 21.1 Å². The van der Waals surface area contributed by atoms with Gasteiger partial charge in [-0.05, 0) is 40.0 Å². The summed E-state index contributed by atoms with van der Waals surface area (Å²) in [7, 11) is 0. The highest BCUT2D eigenvalue weighted by Crippen LogP contribution is 2.28. The van der Waals surface area contributed by atoms with Crippen molar-refractivity contribution < 1.29 is 9.32 Å². The molecule has 2 rings (SSSR count). The molecular formula is C16H27N5O2. The lowest BCUT2D eigenvalue weighted by atomic mass is 10.1. The minimum Gasteiger partial charge on any atom is -0.361 e. The highest BCUT2D eigenvalue weighted by atomic mass is 16.5. The van der Waals surface area contributed by atoms with Crippen LogP contribution < -0.4 is 16.0 Å². The molecule has 1 aliphatic rings. The molecule has 0 bridgehead atoms. The molecule has 0 saturated heterocycles. The quantitative estimate of drug-likeness (QED) is 0.376. The normalized spacial score (nSPS) is 14.7. The number of aliphatic imine (C=N–C) groups is 1. The Morgan fingerprint density at radius 2 is 2.00 bits per heavy atom. The first-order valence-corrected chi connectivity index (χ1v) is 8.33. The molecule has 3 N–H and O–H groups in total. The Balaban J connectivity index is 1.72. The van der Waals surface area contributed by atoms with Crippen molar-refractivity contribution in [3.05, 3.63) is 17.0 Å². The van der Waals surface area contributed by atoms with Crippen LogP contribution in [0.3, 0.4) is 0 Å². The summed E-state index contributed by atoms with van der Waals surface area (Å²) in [6, 6.07) is 0. The van der Waals surface area contributed by atoms with Gasteiger partial charge in [0.15, 0.2) is 5.96 Å². The van der Waals surface area contributed by atoms with Gasteiger partial charge in [0.25, 0.3) is 0 Å². The third kappa shape index (κ3) is 5.58. The number of guanidine groups is 1. The van der Waals surface area contributed by atoms with E-state index in [9.17, 15) is 4.79 Å². The molecule has 128 valence electrons. The summed E-state index contributed by atoms with van der Waals surface area (Å²) >= 11 is 0. The van der Waals surface area contributed by atoms with E-state index in [1.54, 1.807) is 0 Å². The zero-order chi connectivity index (χ0) is 16.7. The molecule has 1 saturated carbocycles. The molecule has 0 radical (unpaired) electrons. The number of nitrogens with zero attached hydrogens (tertiary/aromatic N) is 2. The largest absolute Gasteiger partial charge is 0.361 e. The first kappa shape index (κ1) is 17.3. The Kier molecular flexibility index (Phi) is 6.43. The predicted molar refractivity (Wildman–Crippen MR) is 89.4 cm³/mol. The van der Waals surface area contributed by atoms with E-state index in [4.69, 9.17) is 4.52 Å². The van der Waals surface area contributed by atoms with E-state index in [1.165, 1.54) is 0 Å². The minimum absolute atomic E-state index is 0.173. The fraction of sp³-hybridized carbons (Fsp3) is 0.688. The Morgan fingerprint density at radius 3 is 2.61 bits per heavy atom. The molecule has 0 atom stereocenters. The number of carbonyl (C=O) groups excluding carboxylic acids is 1. The number of hydrogen-bond donors (Lipinski definition) is 3. The lowest BCUT2D eigenvalue weighted by Crippen LogP contribution is -2.41. The zero-order valence-electron chi connectivity index (χ0n) is 14.2. The SMILES string of the molecule is CCNC(=NCCc1c(C)noc1C)NCCNC(=O)C1CC1. The van der Waals surface area contributed by atoms with Gasteiger partial charge in [0.1, 0.15) is 5.76 Å². The summed E-state index contributed by atoms with van der Waals surface area (Å²) in [6.07, 6.45) is 2.87. The van der Waals surface area contributed by atoms with E-state index in [0.29, 0.717) is 19.6 Å². The summed E-state index contributed by atoms with van der Waals surface area (Å²) in [5.41, 5.74) is 2.06. The third-order valence-corrected chi connectivity index (χ3v) is 3.82. The summed E-state index contributed by atoms with van der Waals surface area (Å²) in [5, 5.41) is 13.3. The van der Waals surface area contributed by atoms with E-state index >= 15 is 0 Å². The van der Waals surface area contributed by atoms with Gasteiger partial charge in [-0.1, -0.05) is 5.16 Å². The first-order chi connectivity index (χ1) is 11.1. The Labute approximate surface area is 137 Å². The topological polar surface area (TPSA) is 91.6 Å². The Hall–Kier alpha value is -2.05. The lowest BCUT2D eigenvalue weighted by Gasteiger charge is -2.11. The molecule has 7 nitrogen and oxygen atoms in total. The number of amides is 1. The summed E-state index contributed by atoms with van der Waals surface area (Å²) < 4.78 is 5.16. The van der Waals surface area contributed by atoms with Crippen LogP contribution in [0.5, 0.6) is 0 Å². The monoisotopic (exact) mass is 321 g/mol. The van der Waals surface area contributed by atoms with Crippen LogP contribution in [-0.2, 0) is 11.2 Å². The molecule has 23 heavy (non-hydrogen) atoms. The van der Waals surface area contributed by atoms with Crippen molar-refractivity contribution in [2.24, 2.45) is 10.9 Å². The van der Waals surface area contributed by atoms with Crippen LogP contribution in [0, 0.1) is 19.8 Å². The van der Waals surface area contributed by atoms with Gasteiger partial charge in [-0.3, -0.25) is 9.79 Å². The van der Waals surface area contributed by atoms with E-state index in [0.717, 1.165) is 48.8 Å². The van der Waals surface area contributed by atoms with Crippen molar-refractivity contribution in [2.45, 2.75) is 40.0 Å². The van der Waals surface area contributed by atoms with E-state index in [-0.39, 0.29) is 11.8 Å². The first-order valence-electron chi connectivity index (χ1n) is 8.33. The fourth-order valence-corrected chi connectivity index (χ4v) is 2.34. The average Bonchev–Trinajstić information content (AvgIpc) is 3.33. The zero-order valence-corrected chi connectivity index (χ0v) is 14.2. The average molecular weight is 321 g/mol. The Bertz CT molecular complexity index is 529. The maximum absolute atomic E-state index is 11.5. The van der Waals surface area contributed by atoms with Crippen LogP contribution in [0.25, 0.3) is 0 Å². The highest BCUT2D eigenvalue weighted by Gasteiger charge is 2.28. The second-order valence-corrected chi connectivity index (χ2v) is 5.81. The summed E-state index contributed by atoms with van der Waals surface area (Å²) in [5.74, 6) is 2.05. The molecule has 1 aromatic heterocycles. The molecule has 0 aliphatic heterocycles. The molecule has 0 unspecified atom stereocenters. The van der Waals surface area contributed by atoms with Crippen molar-refractivity contribution in [3.63, 3.8) is 0 Å². The standard InChI is InChI=1S/C16H27N5O2/c1-4-17-16(20-10-9-18-15(22)13-5-6-13)19-8-7-14-11(2)21-23-12(14)3/h13H,4-10H2,1-3H3,(H,18,22)(H2,17,19,20). The maximum atomic E-state index is 11.5. The van der Waals surface area contributed by atoms with E-state index in [2.05, 4.69) is 26.1 Å². The van der Waals surface area contributed by atoms with Crippen LogP contribution in [-0.4, -0.2) is 43.2 Å². The number of aromatic nitrogens is 1. The van der Waals surface area contributed by atoms with Crippen molar-refractivity contribution in [1.29, 1.82) is 0 Å². The van der Waals surface area contributed by atoms with Crippen LogP contribution in [0.2, 0.25) is 0 Å². The second-order valence-electron chi connectivity index (χ2n) is 5.81. The van der Waals surface area contributed by atoms with Crippen molar-refractivity contribution in [3.8, 4) is 0 Å². The highest BCUT2D eigenvalue weighted by molar-refractivity contribution is 5.81. The molecule has 1 aliphatic carbocycles. The summed E-state index contributed by atoms with van der Waals surface area (Å²) in [6.45, 7) is 8.63.